The molecule has 0 unspecified atom stereocenters. The maximum Gasteiger partial charge on any atom is 0.315 e. The van der Waals surface area contributed by atoms with Gasteiger partial charge in [-0.25, -0.2) is 4.79 Å². The number of aliphatic hydroxyl groups is 1. The lowest BCUT2D eigenvalue weighted by Crippen LogP contribution is -2.48. The molecule has 0 saturated carbocycles. The third kappa shape index (κ3) is 4.68. The van der Waals surface area contributed by atoms with Crippen LogP contribution < -0.4 is 10.6 Å². The van der Waals surface area contributed by atoms with Crippen molar-refractivity contribution in [3.8, 4) is 0 Å². The second kappa shape index (κ2) is 6.83. The third-order valence-corrected chi connectivity index (χ3v) is 5.60. The highest BCUT2D eigenvalue weighted by Gasteiger charge is 2.31. The van der Waals surface area contributed by atoms with Crippen molar-refractivity contribution in [3.05, 3.63) is 21.9 Å². The second-order valence-electron chi connectivity index (χ2n) is 5.47. The highest BCUT2D eigenvalue weighted by molar-refractivity contribution is 7.99. The Kier molecular flexibility index (Phi) is 5.35. The number of carbonyl (C=O) groups excluding carboxylic acids is 1. The van der Waals surface area contributed by atoms with Gasteiger partial charge in [-0.3, -0.25) is 0 Å². The van der Waals surface area contributed by atoms with Crippen LogP contribution in [0.4, 0.5) is 4.79 Å². The van der Waals surface area contributed by atoms with E-state index in [-0.39, 0.29) is 12.1 Å². The van der Waals surface area contributed by atoms with Gasteiger partial charge in [-0.05, 0) is 38.2 Å². The smallest absolute Gasteiger partial charge is 0.315 e. The maximum absolute atomic E-state index is 11.8. The number of thiophene rings is 1. The van der Waals surface area contributed by atoms with Crippen molar-refractivity contribution in [1.29, 1.82) is 0 Å². The number of aryl methyl sites for hydroxylation is 1. The lowest BCUT2D eigenvalue weighted by Gasteiger charge is -2.22. The Labute approximate surface area is 128 Å². The molecule has 20 heavy (non-hydrogen) atoms. The Bertz CT molecular complexity index is 456. The van der Waals surface area contributed by atoms with Gasteiger partial charge in [0.15, 0.2) is 0 Å². The summed E-state index contributed by atoms with van der Waals surface area (Å²) in [6, 6.07) is 4.09. The van der Waals surface area contributed by atoms with Crippen LogP contribution in [-0.2, 0) is 6.42 Å². The van der Waals surface area contributed by atoms with Crippen LogP contribution in [0.5, 0.6) is 0 Å². The van der Waals surface area contributed by atoms with Gasteiger partial charge in [0.1, 0.15) is 0 Å². The minimum absolute atomic E-state index is 0.0839. The summed E-state index contributed by atoms with van der Waals surface area (Å²) in [7, 11) is 0. The number of rotatable bonds is 5. The van der Waals surface area contributed by atoms with Gasteiger partial charge in [-0.2, -0.15) is 11.8 Å². The van der Waals surface area contributed by atoms with Crippen molar-refractivity contribution < 1.29 is 9.90 Å². The van der Waals surface area contributed by atoms with E-state index in [0.717, 1.165) is 18.6 Å². The first kappa shape index (κ1) is 15.7. The fourth-order valence-corrected chi connectivity index (χ4v) is 4.52. The summed E-state index contributed by atoms with van der Waals surface area (Å²) in [4.78, 5) is 14.4. The van der Waals surface area contributed by atoms with Gasteiger partial charge in [-0.1, -0.05) is 0 Å². The predicted molar refractivity (Wildman–Crippen MR) is 85.6 cm³/mol. The number of carbonyl (C=O) groups is 1. The Hall–Kier alpha value is -0.720. The zero-order chi connectivity index (χ0) is 14.6. The molecule has 0 aliphatic carbocycles. The molecular weight excluding hydrogens is 292 g/mol. The summed E-state index contributed by atoms with van der Waals surface area (Å²) in [5.74, 6) is 1.67. The van der Waals surface area contributed by atoms with Crippen LogP contribution in [0.1, 0.15) is 23.1 Å². The Morgan fingerprint density at radius 3 is 2.95 bits per heavy atom. The highest BCUT2D eigenvalue weighted by atomic mass is 32.2. The quantitative estimate of drug-likeness (QED) is 0.780. The van der Waals surface area contributed by atoms with Crippen molar-refractivity contribution in [1.82, 2.24) is 10.6 Å². The van der Waals surface area contributed by atoms with Gasteiger partial charge in [-0.15, -0.1) is 11.3 Å². The van der Waals surface area contributed by atoms with Crippen molar-refractivity contribution in [2.75, 3.05) is 18.1 Å². The molecule has 2 rings (SSSR count). The number of urea groups is 1. The number of nitrogens with one attached hydrogen (secondary N) is 2. The number of hydrogen-bond acceptors (Lipinski definition) is 4. The van der Waals surface area contributed by atoms with Crippen LogP contribution in [0.3, 0.4) is 0 Å². The molecule has 1 saturated heterocycles. The normalized spacial score (nSPS) is 23.6. The van der Waals surface area contributed by atoms with Gasteiger partial charge >= 0.3 is 6.03 Å². The van der Waals surface area contributed by atoms with Crippen molar-refractivity contribution >= 4 is 29.1 Å². The molecular formula is C14H22N2O2S2. The Morgan fingerprint density at radius 1 is 1.55 bits per heavy atom. The van der Waals surface area contributed by atoms with E-state index in [2.05, 4.69) is 29.7 Å². The standard InChI is InChI=1S/C14H22N2O2S2/c1-10(7-12-4-3-11(2)20-12)16-13(17)15-8-14(18)5-6-19-9-14/h3-4,10,18H,5-9H2,1-2H3,(H2,15,16,17)/t10-,14-/m0/s1. The van der Waals surface area contributed by atoms with Crippen LogP contribution in [0.25, 0.3) is 0 Å². The fraction of sp³-hybridized carbons (Fsp3) is 0.643. The monoisotopic (exact) mass is 314 g/mol. The van der Waals surface area contributed by atoms with Crippen molar-refractivity contribution in [2.24, 2.45) is 0 Å². The van der Waals surface area contributed by atoms with E-state index in [4.69, 9.17) is 0 Å². The molecule has 6 heteroatoms. The summed E-state index contributed by atoms with van der Waals surface area (Å²) >= 11 is 3.49. The SMILES string of the molecule is Cc1ccc(C[C@H](C)NC(=O)NC[C@@]2(O)CCSC2)s1. The van der Waals surface area contributed by atoms with Gasteiger partial charge < -0.3 is 15.7 Å². The van der Waals surface area contributed by atoms with Crippen LogP contribution in [-0.4, -0.2) is 40.8 Å². The molecule has 1 fully saturated rings. The molecule has 2 heterocycles. The van der Waals surface area contributed by atoms with Gasteiger partial charge in [0.2, 0.25) is 0 Å². The third-order valence-electron chi connectivity index (χ3n) is 3.34. The summed E-state index contributed by atoms with van der Waals surface area (Å²) in [5, 5.41) is 15.8. The predicted octanol–water partition coefficient (Wildman–Crippen LogP) is 2.15. The summed E-state index contributed by atoms with van der Waals surface area (Å²) in [6.45, 7) is 4.41. The molecule has 2 atom stereocenters. The summed E-state index contributed by atoms with van der Waals surface area (Å²) < 4.78 is 0. The molecule has 3 N–H and O–H groups in total. The minimum Gasteiger partial charge on any atom is -0.387 e. The lowest BCUT2D eigenvalue weighted by molar-refractivity contribution is 0.0699. The van der Waals surface area contributed by atoms with Crippen molar-refractivity contribution in [3.63, 3.8) is 0 Å². The van der Waals surface area contributed by atoms with E-state index < -0.39 is 5.60 Å². The van der Waals surface area contributed by atoms with Crippen LogP contribution in [0, 0.1) is 6.92 Å². The van der Waals surface area contributed by atoms with E-state index >= 15 is 0 Å². The molecule has 112 valence electrons. The zero-order valence-electron chi connectivity index (χ0n) is 11.9. The minimum atomic E-state index is -0.726. The van der Waals surface area contributed by atoms with E-state index in [0.29, 0.717) is 12.3 Å². The molecule has 0 spiro atoms. The molecule has 0 aromatic carbocycles. The highest BCUT2D eigenvalue weighted by Crippen LogP contribution is 2.26. The average Bonchev–Trinajstić information content (AvgIpc) is 2.97. The first-order chi connectivity index (χ1) is 9.47. The zero-order valence-corrected chi connectivity index (χ0v) is 13.6. The summed E-state index contributed by atoms with van der Waals surface area (Å²) in [6.07, 6.45) is 1.59. The maximum atomic E-state index is 11.8. The molecule has 4 nitrogen and oxygen atoms in total. The van der Waals surface area contributed by atoms with E-state index in [9.17, 15) is 9.90 Å². The van der Waals surface area contributed by atoms with Crippen LogP contribution in [0.2, 0.25) is 0 Å². The largest absolute Gasteiger partial charge is 0.387 e. The summed E-state index contributed by atoms with van der Waals surface area (Å²) in [5.41, 5.74) is -0.726. The molecule has 1 aromatic rings. The Balaban J connectivity index is 1.71. The van der Waals surface area contributed by atoms with Crippen molar-refractivity contribution in [2.45, 2.75) is 38.3 Å². The number of thioether (sulfide) groups is 1. The van der Waals surface area contributed by atoms with E-state index in [1.165, 1.54) is 9.75 Å². The molecule has 2 amide bonds. The first-order valence-electron chi connectivity index (χ1n) is 6.87. The Morgan fingerprint density at radius 2 is 2.35 bits per heavy atom. The van der Waals surface area contributed by atoms with E-state index in [1.807, 2.05) is 6.92 Å². The number of hydrogen-bond donors (Lipinski definition) is 3. The van der Waals surface area contributed by atoms with Crippen LogP contribution in [0.15, 0.2) is 12.1 Å². The fourth-order valence-electron chi connectivity index (χ4n) is 2.20. The molecule has 1 aliphatic rings. The van der Waals surface area contributed by atoms with Gasteiger partial charge in [0.05, 0.1) is 5.60 Å². The lowest BCUT2D eigenvalue weighted by atomic mass is 10.0. The van der Waals surface area contributed by atoms with E-state index in [1.54, 1.807) is 23.1 Å². The van der Waals surface area contributed by atoms with Gasteiger partial charge in [0, 0.05) is 34.5 Å². The topological polar surface area (TPSA) is 61.4 Å². The molecule has 1 aromatic heterocycles. The second-order valence-corrected chi connectivity index (χ2v) is 7.95. The number of amides is 2. The van der Waals surface area contributed by atoms with Gasteiger partial charge in [0.25, 0.3) is 0 Å². The molecule has 1 aliphatic heterocycles. The first-order valence-corrected chi connectivity index (χ1v) is 8.84. The molecule has 0 bridgehead atoms. The molecule has 0 radical (unpaired) electrons. The average molecular weight is 314 g/mol. The van der Waals surface area contributed by atoms with Crippen LogP contribution >= 0.6 is 23.1 Å².